The maximum atomic E-state index is 2.47. The van der Waals surface area contributed by atoms with Crippen molar-refractivity contribution in [1.82, 2.24) is 0 Å². The molecule has 0 aliphatic heterocycles. The van der Waals surface area contributed by atoms with Gasteiger partial charge in [0.05, 0.1) is 0 Å². The molecule has 0 aromatic rings. The molecular weight excluding hydrogens is 135 g/mol. The Kier molecular flexibility index (Phi) is 4.83. The Morgan fingerprint density at radius 1 is 0.667 bits per heavy atom. The Morgan fingerprint density at radius 2 is 0.778 bits per heavy atom. The molecule has 0 saturated carbocycles. The van der Waals surface area contributed by atoms with E-state index < -0.39 is 15.2 Å². The average molecular weight is 154 g/mol. The Morgan fingerprint density at radius 3 is 0.778 bits per heavy atom. The maximum absolute atomic E-state index is 2.47. The number of hydrogen-bond acceptors (Lipinski definition) is 0. The quantitative estimate of drug-likeness (QED) is 0.461. The van der Waals surface area contributed by atoms with Crippen LogP contribution in [0.1, 0.15) is 1.43 Å². The fourth-order valence-electron chi connectivity index (χ4n) is 0. The normalized spacial score (nSPS) is 12.7. The van der Waals surface area contributed by atoms with Crippen molar-refractivity contribution in [3.05, 3.63) is 0 Å². The van der Waals surface area contributed by atoms with Crippen LogP contribution >= 0.6 is 0 Å². The summed E-state index contributed by atoms with van der Waals surface area (Å²) < 4.78 is 0. The van der Waals surface area contributed by atoms with Crippen LogP contribution in [-0.4, -0.2) is 15.2 Å². The molecule has 0 aliphatic rings. The number of hydrogen-bond donors (Lipinski definition) is 0. The molecule has 0 heterocycles. The largest absolute Gasteiger partial charge is 1.00 e. The Balaban J connectivity index is -0.000000245. The summed E-state index contributed by atoms with van der Waals surface area (Å²) >= 11 is 0. The van der Waals surface area contributed by atoms with Crippen molar-refractivity contribution >= 4 is 15.2 Å². The maximum Gasteiger partial charge on any atom is 1.00 e. The van der Waals surface area contributed by atoms with E-state index >= 15 is 0 Å². The Labute approximate surface area is 74.9 Å². The standard InChI is InChI=1S/C6H18Si2.Li.H/c1-7(2,3)8(4,5)6;;/h1-6H3;;/q;+1;-1. The van der Waals surface area contributed by atoms with Gasteiger partial charge < -0.3 is 1.43 Å². The zero-order valence-corrected chi connectivity index (χ0v) is 10.0. The van der Waals surface area contributed by atoms with Crippen molar-refractivity contribution in [2.45, 2.75) is 39.3 Å². The van der Waals surface area contributed by atoms with Crippen molar-refractivity contribution in [3.63, 3.8) is 0 Å². The molecule has 0 spiro atoms. The van der Waals surface area contributed by atoms with Crippen molar-refractivity contribution in [2.24, 2.45) is 0 Å². The summed E-state index contributed by atoms with van der Waals surface area (Å²) in [6.07, 6.45) is 0. The molecule has 0 rings (SSSR count). The zero-order chi connectivity index (χ0) is 7.00. The second-order valence-corrected chi connectivity index (χ2v) is 22.5. The van der Waals surface area contributed by atoms with Gasteiger partial charge in [0.2, 0.25) is 0 Å². The first kappa shape index (κ1) is 12.7. The van der Waals surface area contributed by atoms with Crippen LogP contribution in [0.25, 0.3) is 0 Å². The first-order valence-electron chi connectivity index (χ1n) is 3.25. The second-order valence-electron chi connectivity index (χ2n) is 4.50. The van der Waals surface area contributed by atoms with E-state index in [1.807, 2.05) is 0 Å². The van der Waals surface area contributed by atoms with Gasteiger partial charge in [-0.2, -0.15) is 0 Å². The zero-order valence-electron chi connectivity index (χ0n) is 9.00. The van der Waals surface area contributed by atoms with E-state index in [2.05, 4.69) is 39.3 Å². The van der Waals surface area contributed by atoms with Crippen LogP contribution in [0, 0.1) is 0 Å². The van der Waals surface area contributed by atoms with Gasteiger partial charge in [-0.1, -0.05) is 39.3 Å². The summed E-state index contributed by atoms with van der Waals surface area (Å²) in [7, 11) is -1.44. The molecule has 0 N–H and O–H groups in total. The fraction of sp³-hybridized carbons (Fsp3) is 1.00. The number of rotatable bonds is 1. The van der Waals surface area contributed by atoms with Crippen LogP contribution in [0.2, 0.25) is 39.3 Å². The topological polar surface area (TPSA) is 0 Å². The molecule has 0 amide bonds. The van der Waals surface area contributed by atoms with E-state index in [9.17, 15) is 0 Å². The molecule has 0 fully saturated rings. The van der Waals surface area contributed by atoms with Gasteiger partial charge in [-0.25, -0.2) is 0 Å². The minimum Gasteiger partial charge on any atom is -1.00 e. The monoisotopic (exact) mass is 154 g/mol. The van der Waals surface area contributed by atoms with Gasteiger partial charge in [0.1, 0.15) is 0 Å². The average Bonchev–Trinajstić information content (AvgIpc) is 1.25. The van der Waals surface area contributed by atoms with E-state index in [-0.39, 0.29) is 20.3 Å². The molecule has 0 unspecified atom stereocenters. The Bertz CT molecular complexity index is 70.7. The van der Waals surface area contributed by atoms with Crippen LogP contribution < -0.4 is 18.9 Å². The summed E-state index contributed by atoms with van der Waals surface area (Å²) in [5, 5.41) is 0. The van der Waals surface area contributed by atoms with Gasteiger partial charge in [0, 0.05) is 15.2 Å². The molecule has 0 aromatic heterocycles. The molecule has 9 heavy (non-hydrogen) atoms. The van der Waals surface area contributed by atoms with Gasteiger partial charge in [-0.3, -0.25) is 0 Å². The minimum atomic E-state index is -0.720. The van der Waals surface area contributed by atoms with Gasteiger partial charge in [0.25, 0.3) is 0 Å². The summed E-state index contributed by atoms with van der Waals surface area (Å²) in [5.74, 6) is 0. The molecule has 0 bridgehead atoms. The molecule has 0 aromatic carbocycles. The summed E-state index contributed by atoms with van der Waals surface area (Å²) in [6.45, 7) is 14.8. The van der Waals surface area contributed by atoms with E-state index in [1.54, 1.807) is 0 Å². The van der Waals surface area contributed by atoms with Crippen molar-refractivity contribution < 1.29 is 20.3 Å². The first-order chi connectivity index (χ1) is 3.25. The molecule has 0 radical (unpaired) electrons. The minimum absolute atomic E-state index is 0. The van der Waals surface area contributed by atoms with E-state index in [0.717, 1.165) is 0 Å². The molecular formula is C6H19LiSi2. The van der Waals surface area contributed by atoms with Gasteiger partial charge in [0.15, 0.2) is 0 Å². The third-order valence-corrected chi connectivity index (χ3v) is 20.2. The van der Waals surface area contributed by atoms with Crippen LogP contribution in [0.4, 0.5) is 0 Å². The van der Waals surface area contributed by atoms with Crippen LogP contribution in [0.3, 0.4) is 0 Å². The van der Waals surface area contributed by atoms with Crippen LogP contribution in [0.15, 0.2) is 0 Å². The molecule has 0 saturated heterocycles. The van der Waals surface area contributed by atoms with E-state index in [4.69, 9.17) is 0 Å². The smallest absolute Gasteiger partial charge is 1.00 e. The molecule has 0 atom stereocenters. The molecule has 0 nitrogen and oxygen atoms in total. The van der Waals surface area contributed by atoms with E-state index in [0.29, 0.717) is 0 Å². The summed E-state index contributed by atoms with van der Waals surface area (Å²) in [4.78, 5) is 0. The van der Waals surface area contributed by atoms with Crippen molar-refractivity contribution in [3.8, 4) is 0 Å². The molecule has 3 heteroatoms. The third kappa shape index (κ3) is 4.44. The van der Waals surface area contributed by atoms with Crippen LogP contribution in [0.5, 0.6) is 0 Å². The van der Waals surface area contributed by atoms with Crippen molar-refractivity contribution in [2.75, 3.05) is 0 Å². The van der Waals surface area contributed by atoms with Gasteiger partial charge in [-0.05, 0) is 0 Å². The van der Waals surface area contributed by atoms with Crippen molar-refractivity contribution in [1.29, 1.82) is 0 Å². The first-order valence-corrected chi connectivity index (χ1v) is 11.2. The van der Waals surface area contributed by atoms with Gasteiger partial charge >= 0.3 is 18.9 Å². The SMILES string of the molecule is C[Si](C)(C)[Si](C)(C)C.[H-].[Li+]. The van der Waals surface area contributed by atoms with Crippen LogP contribution in [-0.2, 0) is 0 Å². The predicted octanol–water partition coefficient (Wildman–Crippen LogP) is -0.142. The predicted molar refractivity (Wildman–Crippen MR) is 47.8 cm³/mol. The summed E-state index contributed by atoms with van der Waals surface area (Å²) in [6, 6.07) is 0. The van der Waals surface area contributed by atoms with Gasteiger partial charge in [-0.15, -0.1) is 0 Å². The molecule has 52 valence electrons. The summed E-state index contributed by atoms with van der Waals surface area (Å²) in [5.41, 5.74) is 0. The third-order valence-electron chi connectivity index (χ3n) is 2.25. The van der Waals surface area contributed by atoms with E-state index in [1.165, 1.54) is 0 Å². The fourth-order valence-corrected chi connectivity index (χ4v) is 0. The molecule has 0 aliphatic carbocycles. The second kappa shape index (κ2) is 3.43. The Hall–Kier alpha value is 1.03.